The van der Waals surface area contributed by atoms with Crippen molar-refractivity contribution in [3.8, 4) is 0 Å². The number of carbonyl (C=O) groups is 1. The van der Waals surface area contributed by atoms with E-state index in [1.807, 2.05) is 23.0 Å². The predicted molar refractivity (Wildman–Crippen MR) is 119 cm³/mol. The van der Waals surface area contributed by atoms with Gasteiger partial charge in [0, 0.05) is 37.2 Å². The van der Waals surface area contributed by atoms with Crippen molar-refractivity contribution < 1.29 is 4.79 Å². The van der Waals surface area contributed by atoms with Crippen LogP contribution in [-0.2, 0) is 16.8 Å². The Balaban J connectivity index is 0.000000589. The second-order valence-corrected chi connectivity index (χ2v) is 8.78. The molecule has 0 radical (unpaired) electrons. The van der Waals surface area contributed by atoms with E-state index in [1.54, 1.807) is 6.20 Å². The summed E-state index contributed by atoms with van der Waals surface area (Å²) in [7, 11) is 0. The molecule has 0 unspecified atom stereocenters. The minimum Gasteiger partial charge on any atom is -0.370 e. The number of rotatable bonds is 3. The molecule has 9 heteroatoms. The van der Waals surface area contributed by atoms with Crippen molar-refractivity contribution in [2.45, 2.75) is 52.5 Å². The Hall–Kier alpha value is -2.74. The zero-order valence-electron chi connectivity index (χ0n) is 17.9. The molecule has 4 rings (SSSR count). The van der Waals surface area contributed by atoms with Crippen molar-refractivity contribution in [1.82, 2.24) is 24.5 Å². The number of carbonyl (C=O) groups excluding carboxylic acids is 1. The van der Waals surface area contributed by atoms with Crippen LogP contribution in [0.15, 0.2) is 24.7 Å². The van der Waals surface area contributed by atoms with Crippen molar-refractivity contribution >= 4 is 34.5 Å². The van der Waals surface area contributed by atoms with Gasteiger partial charge in [0.25, 0.3) is 0 Å². The molecule has 1 aliphatic heterocycles. The molecule has 0 atom stereocenters. The molecule has 0 aromatic carbocycles. The Kier molecular flexibility index (Phi) is 6.55. The third kappa shape index (κ3) is 5.05. The third-order valence-electron chi connectivity index (χ3n) is 4.70. The topological polar surface area (TPSA) is 103 Å². The number of nitrogens with zero attached hydrogens (tertiary/aromatic N) is 6. The molecule has 0 bridgehead atoms. The van der Waals surface area contributed by atoms with Gasteiger partial charge in [0.2, 0.25) is 5.91 Å². The van der Waals surface area contributed by atoms with E-state index in [9.17, 15) is 4.79 Å². The number of imidazole rings is 1. The molecule has 160 valence electrons. The fourth-order valence-corrected chi connectivity index (χ4v) is 3.43. The van der Waals surface area contributed by atoms with Gasteiger partial charge in [0.1, 0.15) is 11.0 Å². The van der Waals surface area contributed by atoms with Crippen molar-refractivity contribution in [1.29, 1.82) is 0 Å². The number of nitrogens with two attached hydrogens (primary N) is 1. The molecule has 1 fully saturated rings. The van der Waals surface area contributed by atoms with E-state index in [2.05, 4.69) is 41.4 Å². The smallest absolute Gasteiger partial charge is 0.214 e. The minimum atomic E-state index is -0.333. The summed E-state index contributed by atoms with van der Waals surface area (Å²) in [5, 5.41) is 0.513. The molecule has 1 amide bonds. The Morgan fingerprint density at radius 3 is 2.47 bits per heavy atom. The number of aromatic nitrogens is 5. The zero-order chi connectivity index (χ0) is 21.9. The number of primary amides is 1. The summed E-state index contributed by atoms with van der Waals surface area (Å²) >= 11 is 6.25. The average Bonchev–Trinajstić information content (AvgIpc) is 3.32. The van der Waals surface area contributed by atoms with Gasteiger partial charge < -0.3 is 15.2 Å². The van der Waals surface area contributed by atoms with Crippen LogP contribution in [0.5, 0.6) is 0 Å². The molecule has 8 nitrogen and oxygen atoms in total. The number of halogens is 1. The number of anilines is 1. The lowest BCUT2D eigenvalue weighted by Gasteiger charge is -2.22. The minimum absolute atomic E-state index is 0.135. The monoisotopic (exact) mass is 429 g/mol. The summed E-state index contributed by atoms with van der Waals surface area (Å²) in [6.45, 7) is 10.4. The van der Waals surface area contributed by atoms with Crippen molar-refractivity contribution in [3.05, 3.63) is 41.2 Å². The molecule has 0 aliphatic carbocycles. The number of fused-ring (bicyclic) bond motifs is 1. The van der Waals surface area contributed by atoms with Gasteiger partial charge in [-0.3, -0.25) is 4.79 Å². The lowest BCUT2D eigenvalue weighted by molar-refractivity contribution is -0.115. The van der Waals surface area contributed by atoms with Crippen LogP contribution in [0.25, 0.3) is 11.2 Å². The highest BCUT2D eigenvalue weighted by molar-refractivity contribution is 6.30. The zero-order valence-corrected chi connectivity index (χ0v) is 18.6. The van der Waals surface area contributed by atoms with E-state index in [4.69, 9.17) is 21.6 Å². The van der Waals surface area contributed by atoms with Crippen LogP contribution in [0.4, 0.5) is 5.82 Å². The summed E-state index contributed by atoms with van der Waals surface area (Å²) in [5.74, 6) is 1.46. The van der Waals surface area contributed by atoms with Crippen LogP contribution in [0.3, 0.4) is 0 Å². The lowest BCUT2D eigenvalue weighted by atomic mass is 9.96. The van der Waals surface area contributed by atoms with Crippen LogP contribution >= 0.6 is 11.6 Å². The van der Waals surface area contributed by atoms with Crippen molar-refractivity contribution in [3.63, 3.8) is 0 Å². The SMILES string of the molecule is CC(C)(C)c1nc(N2CCCC2)c2ncn(Cc3cccnc3Cl)c2n1.CC(N)=O. The van der Waals surface area contributed by atoms with Crippen molar-refractivity contribution in [2.75, 3.05) is 18.0 Å². The normalized spacial score (nSPS) is 14.0. The summed E-state index contributed by atoms with van der Waals surface area (Å²) in [6, 6.07) is 3.87. The molecule has 2 N–H and O–H groups in total. The lowest BCUT2D eigenvalue weighted by Crippen LogP contribution is -2.23. The quantitative estimate of drug-likeness (QED) is 0.640. The molecule has 3 aromatic heterocycles. The summed E-state index contributed by atoms with van der Waals surface area (Å²) in [4.78, 5) is 30.1. The molecular weight excluding hydrogens is 402 g/mol. The first kappa shape index (κ1) is 22.0. The Morgan fingerprint density at radius 1 is 1.20 bits per heavy atom. The number of hydrogen-bond donors (Lipinski definition) is 1. The molecule has 3 aromatic rings. The highest BCUT2D eigenvalue weighted by Crippen LogP contribution is 2.30. The van der Waals surface area contributed by atoms with Gasteiger partial charge in [-0.15, -0.1) is 0 Å². The average molecular weight is 430 g/mol. The van der Waals surface area contributed by atoms with E-state index in [-0.39, 0.29) is 11.3 Å². The highest BCUT2D eigenvalue weighted by atomic mass is 35.5. The molecule has 1 aliphatic rings. The summed E-state index contributed by atoms with van der Waals surface area (Å²) in [6.07, 6.45) is 5.92. The maximum absolute atomic E-state index is 9.22. The third-order valence-corrected chi connectivity index (χ3v) is 5.04. The summed E-state index contributed by atoms with van der Waals surface area (Å²) in [5.41, 5.74) is 7.00. The standard InChI is InChI=1S/C19H23ClN6.C2H5NO/c1-19(2,3)18-23-16(25-9-4-5-10-25)14-17(24-18)26(12-22-14)11-13-7-6-8-21-15(13)20;1-2(3)4/h6-8,12H,4-5,9-11H2,1-3H3;1H3,(H2,3,4). The highest BCUT2D eigenvalue weighted by Gasteiger charge is 2.25. The molecule has 0 saturated carbocycles. The first-order chi connectivity index (χ1) is 14.2. The van der Waals surface area contributed by atoms with Gasteiger partial charge in [-0.05, 0) is 18.9 Å². The molecule has 4 heterocycles. The largest absolute Gasteiger partial charge is 0.370 e. The van der Waals surface area contributed by atoms with Crippen LogP contribution in [0.1, 0.15) is 51.9 Å². The number of amides is 1. The maximum atomic E-state index is 9.22. The second-order valence-electron chi connectivity index (χ2n) is 8.42. The number of hydrogen-bond acceptors (Lipinski definition) is 6. The molecule has 30 heavy (non-hydrogen) atoms. The van der Waals surface area contributed by atoms with E-state index in [0.29, 0.717) is 11.7 Å². The second kappa shape index (κ2) is 8.95. The molecule has 1 saturated heterocycles. The van der Waals surface area contributed by atoms with Crippen LogP contribution in [0.2, 0.25) is 5.15 Å². The first-order valence-corrected chi connectivity index (χ1v) is 10.4. The Labute approximate surface area is 181 Å². The first-order valence-electron chi connectivity index (χ1n) is 10.0. The van der Waals surface area contributed by atoms with Gasteiger partial charge in [-0.25, -0.2) is 19.9 Å². The Morgan fingerprint density at radius 2 is 1.87 bits per heavy atom. The van der Waals surface area contributed by atoms with Gasteiger partial charge in [0.15, 0.2) is 17.0 Å². The van der Waals surface area contributed by atoms with Gasteiger partial charge >= 0.3 is 0 Å². The van der Waals surface area contributed by atoms with Crippen LogP contribution < -0.4 is 10.6 Å². The van der Waals surface area contributed by atoms with Crippen LogP contribution in [-0.4, -0.2) is 43.5 Å². The van der Waals surface area contributed by atoms with E-state index in [1.165, 1.54) is 19.8 Å². The van der Waals surface area contributed by atoms with Crippen LogP contribution in [0, 0.1) is 0 Å². The summed E-state index contributed by atoms with van der Waals surface area (Å²) < 4.78 is 2.04. The molecule has 0 spiro atoms. The van der Waals surface area contributed by atoms with E-state index in [0.717, 1.165) is 41.5 Å². The van der Waals surface area contributed by atoms with Gasteiger partial charge in [-0.2, -0.15) is 0 Å². The number of pyridine rings is 1. The van der Waals surface area contributed by atoms with E-state index < -0.39 is 0 Å². The molecular formula is C21H28ClN7O. The fraction of sp³-hybridized carbons (Fsp3) is 0.476. The van der Waals surface area contributed by atoms with Gasteiger partial charge in [0.05, 0.1) is 12.9 Å². The maximum Gasteiger partial charge on any atom is 0.214 e. The fourth-order valence-electron chi connectivity index (χ4n) is 3.25. The van der Waals surface area contributed by atoms with E-state index >= 15 is 0 Å². The van der Waals surface area contributed by atoms with Gasteiger partial charge in [-0.1, -0.05) is 38.4 Å². The Bertz CT molecular complexity index is 1030. The predicted octanol–water partition coefficient (Wildman–Crippen LogP) is 3.31. The van der Waals surface area contributed by atoms with Crippen molar-refractivity contribution in [2.24, 2.45) is 5.73 Å².